The van der Waals surface area contributed by atoms with Gasteiger partial charge in [0.15, 0.2) is 0 Å². The number of benzene rings is 1. The number of rotatable bonds is 24. The van der Waals surface area contributed by atoms with E-state index in [1.54, 1.807) is 13.8 Å². The van der Waals surface area contributed by atoms with Crippen LogP contribution in [0.4, 0.5) is 0 Å². The van der Waals surface area contributed by atoms with Crippen molar-refractivity contribution in [1.82, 2.24) is 41.7 Å². The third kappa shape index (κ3) is 15.9. The normalized spacial score (nSPS) is 18.8. The summed E-state index contributed by atoms with van der Waals surface area (Å²) in [5.41, 5.74) is 6.42. The van der Waals surface area contributed by atoms with E-state index in [1.165, 1.54) is 47.9 Å². The second kappa shape index (κ2) is 25.7. The molecule has 1 aromatic carbocycles. The number of carboxylic acid groups (broad SMARTS) is 1. The first kappa shape index (κ1) is 52.8. The van der Waals surface area contributed by atoms with Crippen molar-refractivity contribution in [2.45, 2.75) is 114 Å². The molecule has 2 fully saturated rings. The Labute approximate surface area is 375 Å². The van der Waals surface area contributed by atoms with Gasteiger partial charge in [-0.05, 0) is 81.1 Å². The van der Waals surface area contributed by atoms with Crippen molar-refractivity contribution in [3.05, 3.63) is 29.8 Å². The predicted molar refractivity (Wildman–Crippen MR) is 232 cm³/mol. The van der Waals surface area contributed by atoms with Crippen molar-refractivity contribution in [2.24, 2.45) is 11.7 Å². The number of nitrogens with zero attached hydrogens (tertiary/aromatic N) is 2. The van der Waals surface area contributed by atoms with Crippen LogP contribution < -0.4 is 37.6 Å². The van der Waals surface area contributed by atoms with Gasteiger partial charge in [-0.3, -0.25) is 38.4 Å². The number of phenols is 1. The van der Waals surface area contributed by atoms with Crippen molar-refractivity contribution in [1.29, 1.82) is 0 Å². The molecule has 23 heteroatoms. The lowest BCUT2D eigenvalue weighted by Crippen LogP contribution is -2.59. The standard InChI is InChI=1S/C41H63N9O13S/c1-22(2)17-27(46-38(59)31-8-5-14-49(31)33(55)20-44-39(60)34(23(3)52)48-35(56)26(42)13-16-64-4)36(57)47-29(21-51)40(61)50-15-6-7-30(50)37(58)43-19-32(54)45-28(41(62)63)18-24-9-11-25(53)12-10-24/h9-12,22-23,26-31,34,51-53H,5-8,13-21,42H2,1-4H3,(H,43,58)(H,44,60)(H,45,54)(H,46,59)(H,47,57)(H,48,56)(H,62,63)/t23-,26+,27+,28+,29+,30+,31+,34+/m1/s1. The molecule has 0 spiro atoms. The van der Waals surface area contributed by atoms with Crippen LogP contribution in [-0.2, 0) is 49.6 Å². The summed E-state index contributed by atoms with van der Waals surface area (Å²) in [7, 11) is 0. The topological polar surface area (TPSA) is 339 Å². The zero-order valence-corrected chi connectivity index (χ0v) is 37.4. The number of carboxylic acids is 1. The number of aliphatic hydroxyl groups is 2. The first-order valence-corrected chi connectivity index (χ1v) is 22.6. The number of hydrogen-bond donors (Lipinski definition) is 11. The summed E-state index contributed by atoms with van der Waals surface area (Å²) in [4.78, 5) is 120. The van der Waals surface area contributed by atoms with E-state index in [-0.39, 0.29) is 50.4 Å². The van der Waals surface area contributed by atoms with E-state index >= 15 is 0 Å². The number of phenolic OH excluding ortho intramolecular Hbond substituents is 1. The van der Waals surface area contributed by atoms with Gasteiger partial charge < -0.3 is 67.9 Å². The van der Waals surface area contributed by atoms with Crippen LogP contribution in [0.5, 0.6) is 5.75 Å². The lowest BCUT2D eigenvalue weighted by molar-refractivity contribution is -0.143. The number of aliphatic hydroxyl groups excluding tert-OH is 2. The zero-order chi connectivity index (χ0) is 47.7. The molecule has 1 aromatic rings. The van der Waals surface area contributed by atoms with Gasteiger partial charge in [0.2, 0.25) is 47.3 Å². The summed E-state index contributed by atoms with van der Waals surface area (Å²) in [5, 5.41) is 54.2. The van der Waals surface area contributed by atoms with Crippen LogP contribution in [0.25, 0.3) is 0 Å². The number of carbonyl (C=O) groups excluding carboxylic acids is 8. The molecule has 22 nitrogen and oxygen atoms in total. The number of aromatic hydroxyl groups is 1. The molecule has 0 aliphatic carbocycles. The molecule has 0 unspecified atom stereocenters. The minimum absolute atomic E-state index is 0.0159. The molecular weight excluding hydrogens is 859 g/mol. The highest BCUT2D eigenvalue weighted by atomic mass is 32.2. The average Bonchev–Trinajstić information content (AvgIpc) is 3.96. The number of hydrogen-bond acceptors (Lipinski definition) is 14. The summed E-state index contributed by atoms with van der Waals surface area (Å²) < 4.78 is 0. The highest BCUT2D eigenvalue weighted by Gasteiger charge is 2.40. The fourth-order valence-corrected chi connectivity index (χ4v) is 7.77. The Morgan fingerprint density at radius 2 is 1.41 bits per heavy atom. The molecule has 2 saturated heterocycles. The SMILES string of the molecule is CSCC[C@H](N)C(=O)N[C@H](C(=O)NCC(=O)N1CCC[C@H]1C(=O)N[C@@H](CC(C)C)C(=O)N[C@@H](CO)C(=O)N1CCC[C@H]1C(=O)NCC(=O)N[C@@H](Cc1ccc(O)cc1)C(=O)O)[C@@H](C)O. The molecule has 2 heterocycles. The van der Waals surface area contributed by atoms with Crippen molar-refractivity contribution in [3.63, 3.8) is 0 Å². The van der Waals surface area contributed by atoms with Crippen molar-refractivity contribution >= 4 is 65.0 Å². The smallest absolute Gasteiger partial charge is 0.326 e. The Balaban J connectivity index is 1.59. The van der Waals surface area contributed by atoms with Gasteiger partial charge in [0, 0.05) is 19.5 Å². The number of aliphatic carboxylic acids is 1. The van der Waals surface area contributed by atoms with Crippen LogP contribution in [0.3, 0.4) is 0 Å². The number of thioether (sulfide) groups is 1. The molecule has 0 bridgehead atoms. The molecular formula is C41H63N9O13S. The van der Waals surface area contributed by atoms with Crippen LogP contribution in [0.15, 0.2) is 24.3 Å². The molecule has 0 radical (unpaired) electrons. The fourth-order valence-electron chi connectivity index (χ4n) is 7.28. The molecule has 3 rings (SSSR count). The van der Waals surface area contributed by atoms with Gasteiger partial charge in [0.1, 0.15) is 42.0 Å². The first-order valence-electron chi connectivity index (χ1n) is 21.2. The van der Waals surface area contributed by atoms with E-state index in [2.05, 4.69) is 31.9 Å². The second-order valence-electron chi connectivity index (χ2n) is 16.2. The number of likely N-dealkylation sites (tertiary alicyclic amines) is 2. The van der Waals surface area contributed by atoms with E-state index in [4.69, 9.17) is 5.73 Å². The van der Waals surface area contributed by atoms with Gasteiger partial charge in [0.05, 0.1) is 31.8 Å². The Morgan fingerprint density at radius 3 is 1.98 bits per heavy atom. The largest absolute Gasteiger partial charge is 0.508 e. The van der Waals surface area contributed by atoms with E-state index in [0.29, 0.717) is 30.6 Å². The Kier molecular flexibility index (Phi) is 21.2. The Morgan fingerprint density at radius 1 is 0.781 bits per heavy atom. The van der Waals surface area contributed by atoms with Crippen LogP contribution in [-0.4, -0.2) is 177 Å². The van der Waals surface area contributed by atoms with Gasteiger partial charge in [-0.15, -0.1) is 0 Å². The minimum atomic E-state index is -1.53. The number of amides is 8. The van der Waals surface area contributed by atoms with Crippen molar-refractivity contribution < 1.29 is 63.6 Å². The lowest BCUT2D eigenvalue weighted by Gasteiger charge is -2.30. The molecule has 0 saturated carbocycles. The fraction of sp³-hybridized carbons (Fsp3) is 0.634. The molecule has 8 atom stereocenters. The Hall–Kier alpha value is -5.52. The summed E-state index contributed by atoms with van der Waals surface area (Å²) in [6.45, 7) is 3.09. The van der Waals surface area contributed by atoms with E-state index in [0.717, 1.165) is 4.90 Å². The van der Waals surface area contributed by atoms with Crippen LogP contribution in [0.2, 0.25) is 0 Å². The first-order chi connectivity index (χ1) is 30.3. The predicted octanol–water partition coefficient (Wildman–Crippen LogP) is -3.33. The average molecular weight is 922 g/mol. The van der Waals surface area contributed by atoms with Gasteiger partial charge >= 0.3 is 5.97 Å². The van der Waals surface area contributed by atoms with Gasteiger partial charge in [-0.2, -0.15) is 11.8 Å². The van der Waals surface area contributed by atoms with Crippen LogP contribution in [0, 0.1) is 5.92 Å². The number of carbonyl (C=O) groups is 9. The Bertz CT molecular complexity index is 1820. The summed E-state index contributed by atoms with van der Waals surface area (Å²) in [6.07, 6.45) is 2.11. The summed E-state index contributed by atoms with van der Waals surface area (Å²) >= 11 is 1.49. The van der Waals surface area contributed by atoms with E-state index in [1.807, 2.05) is 6.26 Å². The highest BCUT2D eigenvalue weighted by molar-refractivity contribution is 7.98. The molecule has 12 N–H and O–H groups in total. The summed E-state index contributed by atoms with van der Waals surface area (Å²) in [5.74, 6) is -6.80. The van der Waals surface area contributed by atoms with E-state index in [9.17, 15) is 63.6 Å². The quantitative estimate of drug-likeness (QED) is 0.0483. The molecule has 0 aromatic heterocycles. The molecule has 64 heavy (non-hydrogen) atoms. The maximum absolute atomic E-state index is 13.7. The third-order valence-corrected chi connectivity index (χ3v) is 11.4. The molecule has 2 aliphatic heterocycles. The number of nitrogens with two attached hydrogens (primary N) is 1. The monoisotopic (exact) mass is 921 g/mol. The minimum Gasteiger partial charge on any atom is -0.508 e. The van der Waals surface area contributed by atoms with E-state index < -0.39 is 121 Å². The molecule has 356 valence electrons. The third-order valence-electron chi connectivity index (χ3n) is 10.7. The van der Waals surface area contributed by atoms with Crippen molar-refractivity contribution in [3.8, 4) is 5.75 Å². The molecule has 2 aliphatic rings. The number of nitrogens with one attached hydrogen (secondary N) is 6. The summed E-state index contributed by atoms with van der Waals surface area (Å²) in [6, 6.07) is -2.75. The van der Waals surface area contributed by atoms with Gasteiger partial charge in [-0.1, -0.05) is 26.0 Å². The molecule has 8 amide bonds. The van der Waals surface area contributed by atoms with Gasteiger partial charge in [-0.25, -0.2) is 4.79 Å². The van der Waals surface area contributed by atoms with Gasteiger partial charge in [0.25, 0.3) is 0 Å². The van der Waals surface area contributed by atoms with Crippen LogP contribution in [0.1, 0.15) is 64.9 Å². The second-order valence-corrected chi connectivity index (χ2v) is 17.2. The van der Waals surface area contributed by atoms with Crippen LogP contribution >= 0.6 is 11.8 Å². The highest BCUT2D eigenvalue weighted by Crippen LogP contribution is 2.21. The van der Waals surface area contributed by atoms with Crippen molar-refractivity contribution in [2.75, 3.05) is 44.8 Å². The zero-order valence-electron chi connectivity index (χ0n) is 36.5. The maximum Gasteiger partial charge on any atom is 0.326 e. The lowest BCUT2D eigenvalue weighted by atomic mass is 10.0. The maximum atomic E-state index is 13.7.